The molecular weight excluding hydrogens is 260 g/mol. The summed E-state index contributed by atoms with van der Waals surface area (Å²) in [5, 5.41) is 0. The van der Waals surface area contributed by atoms with Crippen LogP contribution in [0.3, 0.4) is 0 Å². The van der Waals surface area contributed by atoms with E-state index < -0.39 is 0 Å². The number of aryl methyl sites for hydroxylation is 1. The molecule has 0 radical (unpaired) electrons. The maximum Gasteiger partial charge on any atom is 0.156 e. The van der Waals surface area contributed by atoms with Crippen LogP contribution in [-0.4, -0.2) is 39.6 Å². The lowest BCUT2D eigenvalue weighted by Gasteiger charge is -2.38. The van der Waals surface area contributed by atoms with Gasteiger partial charge in [-0.25, -0.2) is 4.98 Å². The van der Waals surface area contributed by atoms with E-state index in [9.17, 15) is 0 Å². The zero-order valence-electron chi connectivity index (χ0n) is 14.9. The second kappa shape index (κ2) is 7.01. The van der Waals surface area contributed by atoms with E-state index in [0.29, 0.717) is 0 Å². The van der Waals surface area contributed by atoms with Gasteiger partial charge in [-0.2, -0.15) is 0 Å². The van der Waals surface area contributed by atoms with Crippen molar-refractivity contribution in [3.05, 3.63) is 18.6 Å². The van der Waals surface area contributed by atoms with Gasteiger partial charge in [0, 0.05) is 32.2 Å². The first-order valence-electron chi connectivity index (χ1n) is 8.01. The van der Waals surface area contributed by atoms with Crippen LogP contribution in [-0.2, 0) is 7.05 Å². The van der Waals surface area contributed by atoms with Crippen molar-refractivity contribution < 1.29 is 0 Å². The Bertz CT molecular complexity index is 468. The van der Waals surface area contributed by atoms with Crippen molar-refractivity contribution in [1.82, 2.24) is 14.5 Å². The van der Waals surface area contributed by atoms with Crippen molar-refractivity contribution in [3.8, 4) is 0 Å². The Morgan fingerprint density at radius 1 is 1.19 bits per heavy atom. The van der Waals surface area contributed by atoms with Gasteiger partial charge >= 0.3 is 0 Å². The van der Waals surface area contributed by atoms with Gasteiger partial charge < -0.3 is 14.4 Å². The fraction of sp³-hybridized carbons (Fsp3) is 0.706. The van der Waals surface area contributed by atoms with Crippen LogP contribution in [0.1, 0.15) is 53.7 Å². The fourth-order valence-electron chi connectivity index (χ4n) is 2.62. The summed E-state index contributed by atoms with van der Waals surface area (Å²) in [6.07, 6.45) is 3.13. The van der Waals surface area contributed by atoms with Crippen molar-refractivity contribution in [2.45, 2.75) is 53.5 Å². The van der Waals surface area contributed by atoms with Crippen LogP contribution in [0.4, 0.5) is 5.82 Å². The van der Waals surface area contributed by atoms with Crippen LogP contribution < -0.4 is 4.90 Å². The first-order valence-corrected chi connectivity index (χ1v) is 8.01. The molecule has 0 atom stereocenters. The van der Waals surface area contributed by atoms with E-state index in [2.05, 4.69) is 67.5 Å². The molecule has 4 nitrogen and oxygen atoms in total. The molecule has 1 aliphatic rings. The van der Waals surface area contributed by atoms with E-state index in [1.54, 1.807) is 0 Å². The number of anilines is 1. The van der Waals surface area contributed by atoms with Crippen LogP contribution in [0.5, 0.6) is 0 Å². The van der Waals surface area contributed by atoms with Crippen molar-refractivity contribution >= 4 is 11.5 Å². The van der Waals surface area contributed by atoms with Gasteiger partial charge in [-0.3, -0.25) is 0 Å². The Kier molecular flexibility index (Phi) is 5.87. The zero-order valence-corrected chi connectivity index (χ0v) is 14.9. The number of hydrogen-bond donors (Lipinski definition) is 0. The van der Waals surface area contributed by atoms with Crippen LogP contribution in [0, 0.1) is 0 Å². The summed E-state index contributed by atoms with van der Waals surface area (Å²) in [7, 11) is 2.04. The second-order valence-electron chi connectivity index (χ2n) is 6.58. The van der Waals surface area contributed by atoms with Crippen LogP contribution in [0.2, 0.25) is 0 Å². The number of rotatable bonds is 1. The van der Waals surface area contributed by atoms with Crippen molar-refractivity contribution in [2.24, 2.45) is 7.05 Å². The highest BCUT2D eigenvalue weighted by Gasteiger charge is 2.31. The molecule has 0 aliphatic carbocycles. The summed E-state index contributed by atoms with van der Waals surface area (Å²) in [5.41, 5.74) is 2.31. The van der Waals surface area contributed by atoms with Gasteiger partial charge in [0.15, 0.2) is 5.82 Å². The largest absolute Gasteiger partial charge is 0.364 e. The monoisotopic (exact) mass is 292 g/mol. The van der Waals surface area contributed by atoms with E-state index >= 15 is 0 Å². The van der Waals surface area contributed by atoms with E-state index in [0.717, 1.165) is 36.8 Å². The average Bonchev–Trinajstić information content (AvgIpc) is 2.67. The predicted molar refractivity (Wildman–Crippen MR) is 92.6 cm³/mol. The highest BCUT2D eigenvalue weighted by molar-refractivity contribution is 5.71. The molecule has 0 N–H and O–H groups in total. The van der Waals surface area contributed by atoms with Crippen molar-refractivity contribution in [3.63, 3.8) is 0 Å². The molecular formula is C17H32N4. The number of likely N-dealkylation sites (N-methyl/N-ethyl adjacent to an activating group) is 1. The molecule has 0 fully saturated rings. The van der Waals surface area contributed by atoms with Gasteiger partial charge in [0.25, 0.3) is 0 Å². The quantitative estimate of drug-likeness (QED) is 0.788. The molecule has 1 aromatic rings. The fourth-order valence-corrected chi connectivity index (χ4v) is 2.62. The van der Waals surface area contributed by atoms with Gasteiger partial charge in [-0.1, -0.05) is 26.8 Å². The Morgan fingerprint density at radius 3 is 2.24 bits per heavy atom. The van der Waals surface area contributed by atoms with E-state index in [1.165, 1.54) is 6.42 Å². The standard InChI is InChI=1S/C14H24N4.C3H8/c1-7-17-8-9-18(14(3,4)5)11(2)12-13(17)15-10-16(12)6;1-3-2/h10H,2,7-9H2,1,3-6H3;3H2,1-2H3. The molecule has 0 bridgehead atoms. The molecule has 4 heteroatoms. The molecule has 0 saturated heterocycles. The number of fused-ring (bicyclic) bond motifs is 1. The summed E-state index contributed by atoms with van der Waals surface area (Å²) in [5.74, 6) is 1.07. The Morgan fingerprint density at radius 2 is 1.76 bits per heavy atom. The minimum absolute atomic E-state index is 0.0857. The number of imidazole rings is 1. The summed E-state index contributed by atoms with van der Waals surface area (Å²) in [4.78, 5) is 9.24. The minimum Gasteiger partial charge on any atom is -0.364 e. The molecule has 0 amide bonds. The van der Waals surface area contributed by atoms with E-state index in [1.807, 2.05) is 13.4 Å². The molecule has 2 rings (SSSR count). The molecule has 21 heavy (non-hydrogen) atoms. The Hall–Kier alpha value is -1.45. The maximum atomic E-state index is 4.54. The van der Waals surface area contributed by atoms with Crippen molar-refractivity contribution in [2.75, 3.05) is 24.5 Å². The summed E-state index contributed by atoms with van der Waals surface area (Å²) < 4.78 is 2.07. The summed E-state index contributed by atoms with van der Waals surface area (Å²) >= 11 is 0. The normalized spacial score (nSPS) is 15.3. The lowest BCUT2D eigenvalue weighted by atomic mass is 10.0. The van der Waals surface area contributed by atoms with Crippen LogP contribution in [0.15, 0.2) is 12.9 Å². The van der Waals surface area contributed by atoms with Crippen LogP contribution >= 0.6 is 0 Å². The van der Waals surface area contributed by atoms with Gasteiger partial charge in [0.1, 0.15) is 5.69 Å². The number of aromatic nitrogens is 2. The third-order valence-corrected chi connectivity index (χ3v) is 3.60. The van der Waals surface area contributed by atoms with E-state index in [4.69, 9.17) is 0 Å². The average molecular weight is 292 g/mol. The molecule has 1 aliphatic heterocycles. The summed E-state index contributed by atoms with van der Waals surface area (Å²) in [6, 6.07) is 0. The Balaban J connectivity index is 0.000000677. The third-order valence-electron chi connectivity index (χ3n) is 3.60. The first-order chi connectivity index (χ1) is 9.77. The maximum absolute atomic E-state index is 4.54. The highest BCUT2D eigenvalue weighted by Crippen LogP contribution is 2.33. The van der Waals surface area contributed by atoms with Gasteiger partial charge in [0.05, 0.1) is 12.0 Å². The van der Waals surface area contributed by atoms with Crippen LogP contribution in [0.25, 0.3) is 5.70 Å². The van der Waals surface area contributed by atoms with Crippen molar-refractivity contribution in [1.29, 1.82) is 0 Å². The molecule has 0 aromatic carbocycles. The minimum atomic E-state index is 0.0857. The molecule has 120 valence electrons. The molecule has 0 saturated carbocycles. The topological polar surface area (TPSA) is 24.3 Å². The Labute approximate surface area is 130 Å². The zero-order chi connectivity index (χ0) is 16.2. The van der Waals surface area contributed by atoms with Gasteiger partial charge in [-0.05, 0) is 27.7 Å². The number of nitrogens with zero attached hydrogens (tertiary/aromatic N) is 4. The lowest BCUT2D eigenvalue weighted by molar-refractivity contribution is 0.227. The third kappa shape index (κ3) is 3.80. The SMILES string of the molecule is C=C1c2c(ncn2C)N(CC)CCN1C(C)(C)C.CCC. The highest BCUT2D eigenvalue weighted by atomic mass is 15.3. The first kappa shape index (κ1) is 17.6. The van der Waals surface area contributed by atoms with Gasteiger partial charge in [-0.15, -0.1) is 0 Å². The molecule has 0 spiro atoms. The molecule has 2 heterocycles. The predicted octanol–water partition coefficient (Wildman–Crippen LogP) is 3.75. The molecule has 0 unspecified atom stereocenters. The smallest absolute Gasteiger partial charge is 0.156 e. The van der Waals surface area contributed by atoms with Gasteiger partial charge in [0.2, 0.25) is 0 Å². The van der Waals surface area contributed by atoms with E-state index in [-0.39, 0.29) is 5.54 Å². The number of hydrogen-bond acceptors (Lipinski definition) is 3. The second-order valence-corrected chi connectivity index (χ2v) is 6.58. The molecule has 1 aromatic heterocycles. The lowest BCUT2D eigenvalue weighted by Crippen LogP contribution is -2.42. The summed E-state index contributed by atoms with van der Waals surface area (Å²) in [6.45, 7) is 20.4.